The maximum absolute atomic E-state index is 12.5. The zero-order chi connectivity index (χ0) is 12.9. The Hall–Kier alpha value is -1.67. The highest BCUT2D eigenvalue weighted by Gasteiger charge is 2.08. The van der Waals surface area contributed by atoms with Crippen molar-refractivity contribution in [3.05, 3.63) is 57.2 Å². The van der Waals surface area contributed by atoms with Crippen molar-refractivity contribution in [2.24, 2.45) is 0 Å². The van der Waals surface area contributed by atoms with Crippen LogP contribution in [0.3, 0.4) is 0 Å². The van der Waals surface area contributed by atoms with Gasteiger partial charge in [-0.15, -0.1) is 11.3 Å². The molecule has 18 heavy (non-hydrogen) atoms. The van der Waals surface area contributed by atoms with E-state index in [2.05, 4.69) is 26.0 Å². The predicted molar refractivity (Wildman–Crippen MR) is 79.8 cm³/mol. The van der Waals surface area contributed by atoms with Crippen molar-refractivity contribution < 1.29 is 0 Å². The summed E-state index contributed by atoms with van der Waals surface area (Å²) in [6.07, 6.45) is 0. The van der Waals surface area contributed by atoms with E-state index in [-0.39, 0.29) is 5.43 Å². The van der Waals surface area contributed by atoms with Crippen molar-refractivity contribution in [1.82, 2.24) is 0 Å². The fraction of sp³-hybridized carbons (Fsp3) is 0.188. The van der Waals surface area contributed by atoms with E-state index in [1.165, 1.54) is 11.1 Å². The van der Waals surface area contributed by atoms with E-state index < -0.39 is 0 Å². The number of benzene rings is 2. The minimum absolute atomic E-state index is 0.158. The summed E-state index contributed by atoms with van der Waals surface area (Å²) in [5.41, 5.74) is 3.69. The van der Waals surface area contributed by atoms with E-state index in [1.54, 1.807) is 11.3 Å². The summed E-state index contributed by atoms with van der Waals surface area (Å²) < 4.78 is 2.20. The van der Waals surface area contributed by atoms with Crippen LogP contribution in [0.15, 0.2) is 35.1 Å². The maximum atomic E-state index is 12.5. The zero-order valence-electron chi connectivity index (χ0n) is 10.7. The number of rotatable bonds is 0. The van der Waals surface area contributed by atoms with Crippen molar-refractivity contribution in [1.29, 1.82) is 0 Å². The van der Waals surface area contributed by atoms with Crippen molar-refractivity contribution in [3.63, 3.8) is 0 Å². The molecule has 0 fully saturated rings. The average molecular weight is 254 g/mol. The highest BCUT2D eigenvalue weighted by molar-refractivity contribution is 7.24. The Balaban J connectivity index is 2.61. The molecule has 0 N–H and O–H groups in total. The first kappa shape index (κ1) is 11.4. The normalized spacial score (nSPS) is 11.3. The maximum Gasteiger partial charge on any atom is 0.195 e. The van der Waals surface area contributed by atoms with E-state index in [4.69, 9.17) is 0 Å². The van der Waals surface area contributed by atoms with Gasteiger partial charge in [-0.1, -0.05) is 17.7 Å². The summed E-state index contributed by atoms with van der Waals surface area (Å²) >= 11 is 1.71. The third-order valence-electron chi connectivity index (χ3n) is 3.26. The topological polar surface area (TPSA) is 17.1 Å². The smallest absolute Gasteiger partial charge is 0.195 e. The first-order valence-corrected chi connectivity index (χ1v) is 6.82. The lowest BCUT2D eigenvalue weighted by atomic mass is 10.1. The van der Waals surface area contributed by atoms with Gasteiger partial charge in [-0.05, 0) is 50.1 Å². The first-order valence-electron chi connectivity index (χ1n) is 6.01. The van der Waals surface area contributed by atoms with Gasteiger partial charge in [0.2, 0.25) is 0 Å². The monoisotopic (exact) mass is 254 g/mol. The molecule has 0 unspecified atom stereocenters. The molecule has 0 bridgehead atoms. The molecule has 0 amide bonds. The molecule has 1 aromatic heterocycles. The molecule has 0 aliphatic heterocycles. The highest BCUT2D eigenvalue weighted by atomic mass is 32.1. The lowest BCUT2D eigenvalue weighted by Gasteiger charge is -2.06. The molecule has 0 saturated heterocycles. The summed E-state index contributed by atoms with van der Waals surface area (Å²) in [7, 11) is 0. The van der Waals surface area contributed by atoms with E-state index in [9.17, 15) is 4.79 Å². The van der Waals surface area contributed by atoms with Gasteiger partial charge in [-0.3, -0.25) is 4.79 Å². The minimum Gasteiger partial charge on any atom is -0.289 e. The summed E-state index contributed by atoms with van der Waals surface area (Å²) in [6, 6.07) is 10.2. The molecule has 0 spiro atoms. The van der Waals surface area contributed by atoms with Gasteiger partial charge in [0.15, 0.2) is 5.43 Å². The van der Waals surface area contributed by atoms with Crippen molar-refractivity contribution in [2.75, 3.05) is 0 Å². The molecule has 90 valence electrons. The van der Waals surface area contributed by atoms with Crippen LogP contribution < -0.4 is 5.43 Å². The Morgan fingerprint density at radius 2 is 1.67 bits per heavy atom. The van der Waals surface area contributed by atoms with E-state index >= 15 is 0 Å². The predicted octanol–water partition coefficient (Wildman–Crippen LogP) is 4.34. The van der Waals surface area contributed by atoms with Crippen molar-refractivity contribution in [2.45, 2.75) is 20.8 Å². The van der Waals surface area contributed by atoms with Crippen LogP contribution in [-0.4, -0.2) is 0 Å². The second-order valence-electron chi connectivity index (χ2n) is 4.89. The van der Waals surface area contributed by atoms with Gasteiger partial charge >= 0.3 is 0 Å². The number of hydrogen-bond acceptors (Lipinski definition) is 2. The zero-order valence-corrected chi connectivity index (χ0v) is 11.5. The van der Waals surface area contributed by atoms with Crippen molar-refractivity contribution >= 4 is 31.5 Å². The molecular weight excluding hydrogens is 240 g/mol. The van der Waals surface area contributed by atoms with Gasteiger partial charge in [-0.2, -0.15) is 0 Å². The Bertz CT molecular complexity index is 828. The van der Waals surface area contributed by atoms with Crippen LogP contribution in [0.1, 0.15) is 16.7 Å². The number of fused-ring (bicyclic) bond motifs is 2. The summed E-state index contributed by atoms with van der Waals surface area (Å²) in [4.78, 5) is 12.5. The fourth-order valence-electron chi connectivity index (χ4n) is 2.42. The summed E-state index contributed by atoms with van der Waals surface area (Å²) in [5.74, 6) is 0. The molecule has 0 aliphatic rings. The largest absolute Gasteiger partial charge is 0.289 e. The Kier molecular flexibility index (Phi) is 2.49. The lowest BCUT2D eigenvalue weighted by molar-refractivity contribution is 1.44. The van der Waals surface area contributed by atoms with Gasteiger partial charge in [0, 0.05) is 20.2 Å². The summed E-state index contributed by atoms with van der Waals surface area (Å²) in [6.45, 7) is 6.17. The number of aryl methyl sites for hydroxylation is 3. The SMILES string of the molecule is Cc1ccc2c(=O)c3cc(C)cc(C)c3sc2c1. The lowest BCUT2D eigenvalue weighted by Crippen LogP contribution is -2.02. The second kappa shape index (κ2) is 3.92. The van der Waals surface area contributed by atoms with Gasteiger partial charge in [0.1, 0.15) is 0 Å². The van der Waals surface area contributed by atoms with Gasteiger partial charge in [-0.25, -0.2) is 0 Å². The van der Waals surface area contributed by atoms with Crippen LogP contribution >= 0.6 is 11.3 Å². The molecule has 0 saturated carbocycles. The van der Waals surface area contributed by atoms with Crippen LogP contribution in [-0.2, 0) is 0 Å². The molecular formula is C16H14OS. The van der Waals surface area contributed by atoms with Crippen LogP contribution in [0, 0.1) is 20.8 Å². The van der Waals surface area contributed by atoms with Gasteiger partial charge in [0.25, 0.3) is 0 Å². The molecule has 0 atom stereocenters. The molecule has 0 aliphatic carbocycles. The fourth-order valence-corrected chi connectivity index (χ4v) is 3.63. The standard InChI is InChI=1S/C16H14OS/c1-9-4-5-12-14(8-9)18-16-11(3)6-10(2)7-13(16)15(12)17/h4-8H,1-3H3. The third kappa shape index (κ3) is 1.65. The average Bonchev–Trinajstić information content (AvgIpc) is 2.31. The van der Waals surface area contributed by atoms with Crippen LogP contribution in [0.2, 0.25) is 0 Å². The Labute approximate surface area is 110 Å². The second-order valence-corrected chi connectivity index (χ2v) is 5.94. The van der Waals surface area contributed by atoms with Crippen LogP contribution in [0.25, 0.3) is 20.2 Å². The Morgan fingerprint density at radius 3 is 2.44 bits per heavy atom. The molecule has 1 nitrogen and oxygen atoms in total. The minimum atomic E-state index is 0.158. The van der Waals surface area contributed by atoms with E-state index in [0.29, 0.717) is 0 Å². The summed E-state index contributed by atoms with van der Waals surface area (Å²) in [5, 5.41) is 1.69. The first-order chi connectivity index (χ1) is 8.56. The molecule has 1 heterocycles. The van der Waals surface area contributed by atoms with Crippen LogP contribution in [0.4, 0.5) is 0 Å². The molecule has 2 heteroatoms. The van der Waals surface area contributed by atoms with Gasteiger partial charge in [0.05, 0.1) is 0 Å². The Morgan fingerprint density at radius 1 is 0.889 bits per heavy atom. The molecule has 3 rings (SSSR count). The third-order valence-corrected chi connectivity index (χ3v) is 4.56. The van der Waals surface area contributed by atoms with Crippen LogP contribution in [0.5, 0.6) is 0 Å². The highest BCUT2D eigenvalue weighted by Crippen LogP contribution is 2.28. The van der Waals surface area contributed by atoms with E-state index in [0.717, 1.165) is 25.7 Å². The molecule has 2 aromatic carbocycles. The molecule has 0 radical (unpaired) electrons. The van der Waals surface area contributed by atoms with Crippen molar-refractivity contribution in [3.8, 4) is 0 Å². The number of hydrogen-bond donors (Lipinski definition) is 0. The molecule has 3 aromatic rings. The van der Waals surface area contributed by atoms with Gasteiger partial charge < -0.3 is 0 Å². The van der Waals surface area contributed by atoms with E-state index in [1.807, 2.05) is 25.1 Å². The quantitative estimate of drug-likeness (QED) is 0.545.